The van der Waals surface area contributed by atoms with Gasteiger partial charge in [-0.15, -0.1) is 0 Å². The summed E-state index contributed by atoms with van der Waals surface area (Å²) < 4.78 is 12.9. The Kier molecular flexibility index (Phi) is 5.76. The lowest BCUT2D eigenvalue weighted by Gasteiger charge is -2.20. The summed E-state index contributed by atoms with van der Waals surface area (Å²) in [6, 6.07) is 17.3. The van der Waals surface area contributed by atoms with Crippen molar-refractivity contribution >= 4 is 5.69 Å². The Morgan fingerprint density at radius 3 is 2.38 bits per heavy atom. The van der Waals surface area contributed by atoms with Gasteiger partial charge in [0, 0.05) is 25.3 Å². The fourth-order valence-electron chi connectivity index (χ4n) is 2.32. The fourth-order valence-corrected chi connectivity index (χ4v) is 2.32. The minimum Gasteiger partial charge on any atom is -0.375 e. The molecule has 0 aliphatic heterocycles. The summed E-state index contributed by atoms with van der Waals surface area (Å²) in [6.07, 6.45) is 1.07. The third kappa shape index (κ3) is 4.87. The molecule has 0 aliphatic carbocycles. The number of halogens is 1. The van der Waals surface area contributed by atoms with E-state index < -0.39 is 0 Å². The number of hydrogen-bond acceptors (Lipinski definition) is 2. The summed E-state index contributed by atoms with van der Waals surface area (Å²) in [5.41, 5.74) is 2.36. The molecule has 2 aromatic rings. The topological polar surface area (TPSA) is 15.3 Å². The lowest BCUT2D eigenvalue weighted by atomic mass is 10.1. The Labute approximate surface area is 126 Å². The van der Waals surface area contributed by atoms with Crippen molar-refractivity contribution in [3.8, 4) is 0 Å². The van der Waals surface area contributed by atoms with E-state index in [0.29, 0.717) is 0 Å². The van der Waals surface area contributed by atoms with Gasteiger partial charge in [0.05, 0.1) is 0 Å². The molecule has 0 spiro atoms. The number of benzene rings is 2. The number of nitrogens with one attached hydrogen (secondary N) is 1. The van der Waals surface area contributed by atoms with Crippen LogP contribution in [0.15, 0.2) is 54.6 Å². The first-order valence-electron chi connectivity index (χ1n) is 7.42. The zero-order valence-electron chi connectivity index (χ0n) is 12.7. The maximum absolute atomic E-state index is 12.9. The Bertz CT molecular complexity index is 525. The molecular formula is C18H23FN2. The van der Waals surface area contributed by atoms with Crippen LogP contribution in [0.3, 0.4) is 0 Å². The van der Waals surface area contributed by atoms with Crippen LogP contribution < -0.4 is 10.2 Å². The molecular weight excluding hydrogens is 263 g/mol. The number of hydrogen-bond donors (Lipinski definition) is 1. The van der Waals surface area contributed by atoms with Crippen molar-refractivity contribution in [2.45, 2.75) is 19.4 Å². The van der Waals surface area contributed by atoms with Gasteiger partial charge in [-0.1, -0.05) is 30.3 Å². The molecule has 1 atom stereocenters. The summed E-state index contributed by atoms with van der Waals surface area (Å²) in [6.45, 7) is 4.05. The highest BCUT2D eigenvalue weighted by atomic mass is 19.1. The quantitative estimate of drug-likeness (QED) is 0.774. The average molecular weight is 286 g/mol. The number of para-hydroxylation sites is 1. The maximum Gasteiger partial charge on any atom is 0.123 e. The van der Waals surface area contributed by atoms with Gasteiger partial charge in [0.15, 0.2) is 0 Å². The normalized spacial score (nSPS) is 12.1. The molecule has 1 unspecified atom stereocenters. The molecule has 3 heteroatoms. The summed E-state index contributed by atoms with van der Waals surface area (Å²) in [5, 5.41) is 3.48. The maximum atomic E-state index is 12.9. The van der Waals surface area contributed by atoms with Crippen molar-refractivity contribution in [1.29, 1.82) is 0 Å². The Morgan fingerprint density at radius 1 is 1.05 bits per heavy atom. The van der Waals surface area contributed by atoms with Gasteiger partial charge in [-0.3, -0.25) is 0 Å². The molecule has 0 fully saturated rings. The van der Waals surface area contributed by atoms with E-state index in [2.05, 4.69) is 48.5 Å². The second-order valence-electron chi connectivity index (χ2n) is 5.34. The molecule has 2 nitrogen and oxygen atoms in total. The zero-order chi connectivity index (χ0) is 15.1. The summed E-state index contributed by atoms with van der Waals surface area (Å²) in [5.74, 6) is -0.185. The molecule has 0 aromatic heterocycles. The smallest absolute Gasteiger partial charge is 0.123 e. The zero-order valence-corrected chi connectivity index (χ0v) is 12.7. The summed E-state index contributed by atoms with van der Waals surface area (Å²) >= 11 is 0. The van der Waals surface area contributed by atoms with Crippen LogP contribution in [0.25, 0.3) is 0 Å². The molecule has 0 aliphatic rings. The highest BCUT2D eigenvalue weighted by Crippen LogP contribution is 2.13. The standard InChI is InChI=1S/C18H23FN2/c1-15(16-9-11-17(19)12-10-16)20-13-6-14-21(2)18-7-4-3-5-8-18/h3-5,7-12,15,20H,6,13-14H2,1-2H3. The van der Waals surface area contributed by atoms with Crippen molar-refractivity contribution in [2.24, 2.45) is 0 Å². The van der Waals surface area contributed by atoms with Crippen LogP contribution in [0.1, 0.15) is 24.9 Å². The van der Waals surface area contributed by atoms with Crippen LogP contribution in [0.4, 0.5) is 10.1 Å². The minimum absolute atomic E-state index is 0.185. The van der Waals surface area contributed by atoms with E-state index in [0.717, 1.165) is 25.1 Å². The minimum atomic E-state index is -0.185. The van der Waals surface area contributed by atoms with Crippen molar-refractivity contribution in [2.75, 3.05) is 25.0 Å². The first-order chi connectivity index (χ1) is 10.2. The number of rotatable bonds is 7. The first-order valence-corrected chi connectivity index (χ1v) is 7.42. The molecule has 0 amide bonds. The van der Waals surface area contributed by atoms with Crippen LogP contribution >= 0.6 is 0 Å². The highest BCUT2D eigenvalue weighted by molar-refractivity contribution is 5.44. The monoisotopic (exact) mass is 286 g/mol. The van der Waals surface area contributed by atoms with Gasteiger partial charge in [0.1, 0.15) is 5.82 Å². The Morgan fingerprint density at radius 2 is 1.71 bits per heavy atom. The second-order valence-corrected chi connectivity index (χ2v) is 5.34. The van der Waals surface area contributed by atoms with Crippen molar-refractivity contribution < 1.29 is 4.39 Å². The summed E-state index contributed by atoms with van der Waals surface area (Å²) in [7, 11) is 2.11. The van der Waals surface area contributed by atoms with Gasteiger partial charge >= 0.3 is 0 Å². The van der Waals surface area contributed by atoms with Gasteiger partial charge in [0.2, 0.25) is 0 Å². The average Bonchev–Trinajstić information content (AvgIpc) is 2.52. The predicted octanol–water partition coefficient (Wildman–Crippen LogP) is 4.00. The van der Waals surface area contributed by atoms with Crippen molar-refractivity contribution in [3.63, 3.8) is 0 Å². The molecule has 2 aromatic carbocycles. The summed E-state index contributed by atoms with van der Waals surface area (Å²) in [4.78, 5) is 2.25. The van der Waals surface area contributed by atoms with E-state index in [1.807, 2.05) is 18.2 Å². The molecule has 0 saturated carbocycles. The molecule has 21 heavy (non-hydrogen) atoms. The Balaban J connectivity index is 1.71. The lowest BCUT2D eigenvalue weighted by Crippen LogP contribution is -2.25. The Hall–Kier alpha value is -1.87. The second kappa shape index (κ2) is 7.79. The number of anilines is 1. The molecule has 2 rings (SSSR count). The van der Waals surface area contributed by atoms with Crippen molar-refractivity contribution in [3.05, 3.63) is 66.0 Å². The van der Waals surface area contributed by atoms with E-state index >= 15 is 0 Å². The molecule has 1 N–H and O–H groups in total. The van der Waals surface area contributed by atoms with E-state index in [-0.39, 0.29) is 11.9 Å². The van der Waals surface area contributed by atoms with E-state index in [1.165, 1.54) is 17.8 Å². The van der Waals surface area contributed by atoms with Gasteiger partial charge < -0.3 is 10.2 Å². The largest absolute Gasteiger partial charge is 0.375 e. The van der Waals surface area contributed by atoms with E-state index in [9.17, 15) is 4.39 Å². The van der Waals surface area contributed by atoms with Gasteiger partial charge in [-0.2, -0.15) is 0 Å². The number of nitrogens with zero attached hydrogens (tertiary/aromatic N) is 1. The van der Waals surface area contributed by atoms with Gasteiger partial charge in [-0.25, -0.2) is 4.39 Å². The van der Waals surface area contributed by atoms with Crippen LogP contribution in [0, 0.1) is 5.82 Å². The lowest BCUT2D eigenvalue weighted by molar-refractivity contribution is 0.556. The van der Waals surface area contributed by atoms with E-state index in [4.69, 9.17) is 0 Å². The SMILES string of the molecule is CC(NCCCN(C)c1ccccc1)c1ccc(F)cc1. The molecule has 0 saturated heterocycles. The van der Waals surface area contributed by atoms with Gasteiger partial charge in [-0.05, 0) is 49.7 Å². The molecule has 0 bridgehead atoms. The van der Waals surface area contributed by atoms with Gasteiger partial charge in [0.25, 0.3) is 0 Å². The van der Waals surface area contributed by atoms with Crippen LogP contribution in [-0.2, 0) is 0 Å². The highest BCUT2D eigenvalue weighted by Gasteiger charge is 2.05. The van der Waals surface area contributed by atoms with Crippen LogP contribution in [0.2, 0.25) is 0 Å². The van der Waals surface area contributed by atoms with E-state index in [1.54, 1.807) is 0 Å². The molecule has 0 heterocycles. The molecule has 112 valence electrons. The third-order valence-electron chi connectivity index (χ3n) is 3.69. The first kappa shape index (κ1) is 15.5. The van der Waals surface area contributed by atoms with Crippen LogP contribution in [0.5, 0.6) is 0 Å². The predicted molar refractivity (Wildman–Crippen MR) is 87.1 cm³/mol. The van der Waals surface area contributed by atoms with Crippen molar-refractivity contribution in [1.82, 2.24) is 5.32 Å². The van der Waals surface area contributed by atoms with Crippen LogP contribution in [-0.4, -0.2) is 20.1 Å². The fraction of sp³-hybridized carbons (Fsp3) is 0.333. The molecule has 0 radical (unpaired) electrons. The third-order valence-corrected chi connectivity index (χ3v) is 3.69.